The fourth-order valence-corrected chi connectivity index (χ4v) is 2.42. The number of aliphatic carboxylic acids is 1. The minimum atomic E-state index is -1.51. The number of benzene rings is 1. The zero-order chi connectivity index (χ0) is 18.4. The van der Waals surface area contributed by atoms with Gasteiger partial charge < -0.3 is 15.7 Å². The third kappa shape index (κ3) is 5.37. The highest BCUT2D eigenvalue weighted by Crippen LogP contribution is 2.25. The van der Waals surface area contributed by atoms with Crippen molar-refractivity contribution in [1.82, 2.24) is 10.6 Å². The average molecular weight is 334 g/mol. The summed E-state index contributed by atoms with van der Waals surface area (Å²) >= 11 is 0. The van der Waals surface area contributed by atoms with Crippen LogP contribution in [0, 0.1) is 5.41 Å². The highest BCUT2D eigenvalue weighted by Gasteiger charge is 2.40. The van der Waals surface area contributed by atoms with Gasteiger partial charge in [-0.1, -0.05) is 58.0 Å². The quantitative estimate of drug-likeness (QED) is 0.711. The number of amides is 2. The van der Waals surface area contributed by atoms with Crippen molar-refractivity contribution in [2.24, 2.45) is 5.41 Å². The maximum Gasteiger partial charge on any atom is 0.334 e. The van der Waals surface area contributed by atoms with Gasteiger partial charge in [0.1, 0.15) is 0 Å². The first-order valence-electron chi connectivity index (χ1n) is 7.97. The average Bonchev–Trinajstić information content (AvgIpc) is 2.49. The number of rotatable bonds is 7. The molecular formula is C18H26N2O4. The van der Waals surface area contributed by atoms with Crippen LogP contribution in [0.2, 0.25) is 0 Å². The third-order valence-electron chi connectivity index (χ3n) is 3.65. The molecule has 0 radical (unpaired) electrons. The molecule has 0 spiro atoms. The summed E-state index contributed by atoms with van der Waals surface area (Å²) in [4.78, 5) is 35.8. The van der Waals surface area contributed by atoms with E-state index in [1.165, 1.54) is 0 Å². The molecule has 24 heavy (non-hydrogen) atoms. The van der Waals surface area contributed by atoms with Gasteiger partial charge in [-0.15, -0.1) is 0 Å². The molecule has 1 unspecified atom stereocenters. The molecule has 1 atom stereocenters. The number of hydrogen-bond acceptors (Lipinski definition) is 3. The Kier molecular flexibility index (Phi) is 6.51. The first-order chi connectivity index (χ1) is 11.1. The number of nitrogens with one attached hydrogen (secondary N) is 2. The Bertz CT molecular complexity index is 593. The van der Waals surface area contributed by atoms with E-state index in [1.807, 2.05) is 20.8 Å². The van der Waals surface area contributed by atoms with Gasteiger partial charge in [0.15, 0.2) is 5.54 Å². The fraction of sp³-hybridized carbons (Fsp3) is 0.500. The van der Waals surface area contributed by atoms with Crippen LogP contribution < -0.4 is 10.6 Å². The van der Waals surface area contributed by atoms with Crippen molar-refractivity contribution in [2.75, 3.05) is 6.54 Å². The molecule has 132 valence electrons. The minimum Gasteiger partial charge on any atom is -0.479 e. The number of carboxylic acids is 1. The molecule has 0 fully saturated rings. The lowest BCUT2D eigenvalue weighted by Gasteiger charge is -2.30. The summed E-state index contributed by atoms with van der Waals surface area (Å²) in [7, 11) is 0. The number of carboxylic acid groups (broad SMARTS) is 1. The van der Waals surface area contributed by atoms with Crippen LogP contribution in [0.5, 0.6) is 0 Å². The first kappa shape index (κ1) is 19.7. The van der Waals surface area contributed by atoms with Gasteiger partial charge in [-0.3, -0.25) is 9.59 Å². The smallest absolute Gasteiger partial charge is 0.334 e. The van der Waals surface area contributed by atoms with Crippen LogP contribution in [0.25, 0.3) is 0 Å². The van der Waals surface area contributed by atoms with Gasteiger partial charge in [-0.2, -0.15) is 0 Å². The third-order valence-corrected chi connectivity index (χ3v) is 3.65. The maximum atomic E-state index is 12.2. The summed E-state index contributed by atoms with van der Waals surface area (Å²) in [6.45, 7) is 7.22. The molecule has 1 rings (SSSR count). The molecule has 6 heteroatoms. The Morgan fingerprint density at radius 2 is 1.62 bits per heavy atom. The zero-order valence-electron chi connectivity index (χ0n) is 14.7. The van der Waals surface area contributed by atoms with E-state index in [0.29, 0.717) is 5.56 Å². The summed E-state index contributed by atoms with van der Waals surface area (Å²) < 4.78 is 0. The Balaban J connectivity index is 2.80. The minimum absolute atomic E-state index is 0.182. The van der Waals surface area contributed by atoms with Gasteiger partial charge in [0.05, 0.1) is 6.54 Å². The van der Waals surface area contributed by atoms with Gasteiger partial charge in [-0.25, -0.2) is 4.79 Å². The summed E-state index contributed by atoms with van der Waals surface area (Å²) in [5.74, 6) is -1.91. The molecule has 2 amide bonds. The van der Waals surface area contributed by atoms with Crippen LogP contribution in [0.3, 0.4) is 0 Å². The summed E-state index contributed by atoms with van der Waals surface area (Å²) in [6, 6.07) is 8.55. The predicted octanol–water partition coefficient (Wildman–Crippen LogP) is 2.05. The highest BCUT2D eigenvalue weighted by atomic mass is 16.4. The van der Waals surface area contributed by atoms with Crippen molar-refractivity contribution in [3.63, 3.8) is 0 Å². The summed E-state index contributed by atoms with van der Waals surface area (Å²) in [5, 5.41) is 14.7. The van der Waals surface area contributed by atoms with E-state index in [-0.39, 0.29) is 30.7 Å². The van der Waals surface area contributed by atoms with E-state index in [9.17, 15) is 19.5 Å². The Hall–Kier alpha value is -2.37. The van der Waals surface area contributed by atoms with Crippen LogP contribution in [-0.2, 0) is 19.9 Å². The predicted molar refractivity (Wildman–Crippen MR) is 91.3 cm³/mol. The topological polar surface area (TPSA) is 95.5 Å². The van der Waals surface area contributed by atoms with E-state index in [2.05, 4.69) is 10.6 Å². The lowest BCUT2D eigenvalue weighted by atomic mass is 9.87. The number of hydrogen-bond donors (Lipinski definition) is 3. The van der Waals surface area contributed by atoms with Gasteiger partial charge in [0.2, 0.25) is 11.8 Å². The second-order valence-corrected chi connectivity index (χ2v) is 6.99. The van der Waals surface area contributed by atoms with Crippen molar-refractivity contribution < 1.29 is 19.5 Å². The molecule has 0 saturated carbocycles. The molecule has 0 heterocycles. The largest absolute Gasteiger partial charge is 0.479 e. The van der Waals surface area contributed by atoms with Crippen LogP contribution in [0.4, 0.5) is 0 Å². The van der Waals surface area contributed by atoms with E-state index in [4.69, 9.17) is 0 Å². The molecule has 0 aliphatic carbocycles. The van der Waals surface area contributed by atoms with E-state index in [1.54, 1.807) is 37.3 Å². The van der Waals surface area contributed by atoms with Crippen LogP contribution >= 0.6 is 0 Å². The normalized spacial score (nSPS) is 13.7. The molecule has 6 nitrogen and oxygen atoms in total. The Labute approximate surface area is 142 Å². The van der Waals surface area contributed by atoms with Crippen LogP contribution in [0.15, 0.2) is 30.3 Å². The second-order valence-electron chi connectivity index (χ2n) is 6.99. The second kappa shape index (κ2) is 7.95. The van der Waals surface area contributed by atoms with Gasteiger partial charge in [-0.05, 0) is 17.4 Å². The lowest BCUT2D eigenvalue weighted by molar-refractivity contribution is -0.148. The maximum absolute atomic E-state index is 12.2. The Morgan fingerprint density at radius 1 is 1.04 bits per heavy atom. The van der Waals surface area contributed by atoms with Crippen LogP contribution in [-0.4, -0.2) is 29.4 Å². The molecule has 0 bridgehead atoms. The number of carbonyl (C=O) groups is 3. The van der Waals surface area contributed by atoms with Crippen molar-refractivity contribution in [1.29, 1.82) is 0 Å². The van der Waals surface area contributed by atoms with E-state index >= 15 is 0 Å². The first-order valence-corrected chi connectivity index (χ1v) is 7.97. The monoisotopic (exact) mass is 334 g/mol. The van der Waals surface area contributed by atoms with E-state index in [0.717, 1.165) is 0 Å². The van der Waals surface area contributed by atoms with Crippen molar-refractivity contribution in [3.8, 4) is 0 Å². The molecule has 1 aromatic rings. The molecule has 0 aliphatic heterocycles. The summed E-state index contributed by atoms with van der Waals surface area (Å²) in [5.41, 5.74) is -1.19. The molecule has 0 aliphatic rings. The highest BCUT2D eigenvalue weighted by molar-refractivity contribution is 5.90. The van der Waals surface area contributed by atoms with Gasteiger partial charge >= 0.3 is 5.97 Å². The van der Waals surface area contributed by atoms with Crippen molar-refractivity contribution >= 4 is 17.8 Å². The van der Waals surface area contributed by atoms with Crippen LogP contribution in [0.1, 0.15) is 46.1 Å². The number of carbonyl (C=O) groups excluding carboxylic acids is 2. The molecule has 3 N–H and O–H groups in total. The van der Waals surface area contributed by atoms with Crippen molar-refractivity contribution in [2.45, 2.75) is 46.1 Å². The zero-order valence-corrected chi connectivity index (χ0v) is 14.7. The van der Waals surface area contributed by atoms with E-state index < -0.39 is 17.4 Å². The SMILES string of the molecule is CCC(NC(=O)CNC(=O)CC(C)(C)C)(C(=O)O)c1ccccc1. The van der Waals surface area contributed by atoms with Gasteiger partial charge in [0.25, 0.3) is 0 Å². The van der Waals surface area contributed by atoms with Gasteiger partial charge in [0, 0.05) is 6.42 Å². The molecule has 0 saturated heterocycles. The standard InChI is InChI=1S/C18H26N2O4/c1-5-18(16(23)24,13-9-7-6-8-10-13)20-15(22)12-19-14(21)11-17(2,3)4/h6-10H,5,11-12H2,1-4H3,(H,19,21)(H,20,22)(H,23,24). The lowest BCUT2D eigenvalue weighted by Crippen LogP contribution is -2.54. The molecule has 1 aromatic carbocycles. The summed E-state index contributed by atoms with van der Waals surface area (Å²) in [6.07, 6.45) is 0.477. The molecular weight excluding hydrogens is 308 g/mol. The molecule has 0 aromatic heterocycles. The Morgan fingerprint density at radius 3 is 2.08 bits per heavy atom. The fourth-order valence-electron chi connectivity index (χ4n) is 2.42. The van der Waals surface area contributed by atoms with Crippen molar-refractivity contribution in [3.05, 3.63) is 35.9 Å².